The third-order valence-electron chi connectivity index (χ3n) is 4.80. The molecule has 2 heterocycles. The maximum atomic E-state index is 12.2. The number of pyridine rings is 1. The van der Waals surface area contributed by atoms with Crippen LogP contribution in [-0.2, 0) is 0 Å². The molecule has 28 heavy (non-hydrogen) atoms. The molecule has 0 atom stereocenters. The largest absolute Gasteiger partial charge is 0.496 e. The number of amides is 1. The van der Waals surface area contributed by atoms with E-state index in [1.54, 1.807) is 37.7 Å². The average Bonchev–Trinajstić information content (AvgIpc) is 3.42. The van der Waals surface area contributed by atoms with Crippen LogP contribution in [0.5, 0.6) is 11.5 Å². The predicted molar refractivity (Wildman–Crippen MR) is 103 cm³/mol. The number of ether oxygens (including phenoxy) is 2. The van der Waals surface area contributed by atoms with E-state index in [0.717, 1.165) is 42.4 Å². The zero-order valence-electron chi connectivity index (χ0n) is 15.5. The van der Waals surface area contributed by atoms with Gasteiger partial charge in [0, 0.05) is 35.1 Å². The van der Waals surface area contributed by atoms with E-state index >= 15 is 0 Å². The first-order valence-corrected chi connectivity index (χ1v) is 9.20. The zero-order valence-corrected chi connectivity index (χ0v) is 15.5. The fourth-order valence-electron chi connectivity index (χ4n) is 3.41. The summed E-state index contributed by atoms with van der Waals surface area (Å²) in [5, 5.41) is 9.61. The number of benzene rings is 1. The molecular weight excluding hydrogens is 358 g/mol. The van der Waals surface area contributed by atoms with Crippen LogP contribution in [0, 0.1) is 0 Å². The standard InChI is InChI=1S/C20H21N5O3/c1-27-18-7-6-16(28-20(26)24-15-4-2-3-5-15)9-17(18)13-8-14(11-21-10-13)19-22-12-23-25-19/h6-12,15H,2-5H2,1H3,(H,24,26)(H,22,23,25). The summed E-state index contributed by atoms with van der Waals surface area (Å²) in [6.07, 6.45) is 8.73. The number of nitrogens with zero attached hydrogens (tertiary/aromatic N) is 3. The van der Waals surface area contributed by atoms with Crippen LogP contribution in [0.25, 0.3) is 22.5 Å². The molecule has 0 saturated heterocycles. The van der Waals surface area contributed by atoms with Crippen LogP contribution in [0.15, 0.2) is 43.0 Å². The molecule has 1 saturated carbocycles. The summed E-state index contributed by atoms with van der Waals surface area (Å²) in [6.45, 7) is 0. The summed E-state index contributed by atoms with van der Waals surface area (Å²) in [5.41, 5.74) is 2.37. The lowest BCUT2D eigenvalue weighted by molar-refractivity contribution is 0.196. The van der Waals surface area contributed by atoms with Crippen molar-refractivity contribution in [3.63, 3.8) is 0 Å². The molecule has 144 valence electrons. The fraction of sp³-hybridized carbons (Fsp3) is 0.300. The number of H-pyrrole nitrogens is 1. The van der Waals surface area contributed by atoms with Gasteiger partial charge in [-0.2, -0.15) is 5.10 Å². The number of hydrogen-bond donors (Lipinski definition) is 2. The molecular formula is C20H21N5O3. The molecule has 0 spiro atoms. The predicted octanol–water partition coefficient (Wildman–Crippen LogP) is 3.57. The second-order valence-corrected chi connectivity index (χ2v) is 6.67. The van der Waals surface area contributed by atoms with Gasteiger partial charge in [-0.15, -0.1) is 0 Å². The minimum absolute atomic E-state index is 0.202. The number of carbonyl (C=O) groups is 1. The molecule has 2 aromatic heterocycles. The number of rotatable bonds is 5. The van der Waals surface area contributed by atoms with Crippen molar-refractivity contribution in [1.29, 1.82) is 0 Å². The van der Waals surface area contributed by atoms with Crippen molar-refractivity contribution in [3.05, 3.63) is 43.0 Å². The van der Waals surface area contributed by atoms with Crippen molar-refractivity contribution in [3.8, 4) is 34.0 Å². The lowest BCUT2D eigenvalue weighted by atomic mass is 10.0. The topological polar surface area (TPSA) is 102 Å². The van der Waals surface area contributed by atoms with Crippen LogP contribution in [0.4, 0.5) is 4.79 Å². The molecule has 0 radical (unpaired) electrons. The molecule has 8 heteroatoms. The lowest BCUT2D eigenvalue weighted by Crippen LogP contribution is -2.34. The maximum Gasteiger partial charge on any atom is 0.412 e. The van der Waals surface area contributed by atoms with Gasteiger partial charge in [-0.05, 0) is 37.1 Å². The maximum absolute atomic E-state index is 12.2. The summed E-state index contributed by atoms with van der Waals surface area (Å²) < 4.78 is 11.0. The van der Waals surface area contributed by atoms with Crippen molar-refractivity contribution in [1.82, 2.24) is 25.5 Å². The molecule has 0 unspecified atom stereocenters. The Kier molecular flexibility index (Phi) is 5.18. The van der Waals surface area contributed by atoms with Crippen molar-refractivity contribution >= 4 is 6.09 Å². The van der Waals surface area contributed by atoms with Gasteiger partial charge in [0.2, 0.25) is 0 Å². The number of aromatic amines is 1. The van der Waals surface area contributed by atoms with Crippen LogP contribution >= 0.6 is 0 Å². The first-order chi connectivity index (χ1) is 13.7. The van der Waals surface area contributed by atoms with E-state index in [1.807, 2.05) is 6.07 Å². The van der Waals surface area contributed by atoms with Crippen LogP contribution < -0.4 is 14.8 Å². The van der Waals surface area contributed by atoms with E-state index in [0.29, 0.717) is 17.3 Å². The summed E-state index contributed by atoms with van der Waals surface area (Å²) in [6, 6.07) is 7.38. The quantitative estimate of drug-likeness (QED) is 0.703. The number of aromatic nitrogens is 4. The van der Waals surface area contributed by atoms with Gasteiger partial charge in [-0.25, -0.2) is 9.78 Å². The Morgan fingerprint density at radius 2 is 2.00 bits per heavy atom. The molecule has 0 bridgehead atoms. The molecule has 1 aliphatic rings. The van der Waals surface area contributed by atoms with Crippen molar-refractivity contribution in [2.24, 2.45) is 0 Å². The number of carbonyl (C=O) groups excluding carboxylic acids is 1. The summed E-state index contributed by atoms with van der Waals surface area (Å²) >= 11 is 0. The number of hydrogen-bond acceptors (Lipinski definition) is 6. The van der Waals surface area contributed by atoms with Gasteiger partial charge in [0.05, 0.1) is 7.11 Å². The molecule has 4 rings (SSSR count). The first-order valence-electron chi connectivity index (χ1n) is 9.20. The van der Waals surface area contributed by atoms with Crippen LogP contribution in [0.3, 0.4) is 0 Å². The molecule has 0 aliphatic heterocycles. The van der Waals surface area contributed by atoms with Crippen LogP contribution in [0.2, 0.25) is 0 Å². The second-order valence-electron chi connectivity index (χ2n) is 6.67. The van der Waals surface area contributed by atoms with E-state index in [-0.39, 0.29) is 6.04 Å². The van der Waals surface area contributed by atoms with Gasteiger partial charge in [-0.1, -0.05) is 12.8 Å². The zero-order chi connectivity index (χ0) is 19.3. The van der Waals surface area contributed by atoms with E-state index in [9.17, 15) is 4.79 Å². The highest BCUT2D eigenvalue weighted by Gasteiger charge is 2.19. The Morgan fingerprint density at radius 1 is 1.18 bits per heavy atom. The lowest BCUT2D eigenvalue weighted by Gasteiger charge is -2.14. The Balaban J connectivity index is 1.58. The summed E-state index contributed by atoms with van der Waals surface area (Å²) in [5.74, 6) is 1.72. The van der Waals surface area contributed by atoms with E-state index in [4.69, 9.17) is 9.47 Å². The van der Waals surface area contributed by atoms with E-state index < -0.39 is 6.09 Å². The van der Waals surface area contributed by atoms with E-state index in [2.05, 4.69) is 25.5 Å². The molecule has 1 fully saturated rings. The van der Waals surface area contributed by atoms with Gasteiger partial charge < -0.3 is 14.8 Å². The Labute approximate surface area is 162 Å². The Hall–Kier alpha value is -3.42. The number of nitrogens with one attached hydrogen (secondary N) is 2. The van der Waals surface area contributed by atoms with Gasteiger partial charge in [0.25, 0.3) is 0 Å². The SMILES string of the molecule is COc1ccc(OC(=O)NC2CCCC2)cc1-c1cncc(-c2ncn[nH]2)c1. The molecule has 3 aromatic rings. The monoisotopic (exact) mass is 379 g/mol. The Morgan fingerprint density at radius 3 is 2.75 bits per heavy atom. The molecule has 8 nitrogen and oxygen atoms in total. The third-order valence-corrected chi connectivity index (χ3v) is 4.80. The normalized spacial score (nSPS) is 14.0. The van der Waals surface area contributed by atoms with Crippen LogP contribution in [-0.4, -0.2) is 39.4 Å². The molecule has 1 aromatic carbocycles. The Bertz CT molecular complexity index is 952. The highest BCUT2D eigenvalue weighted by molar-refractivity contribution is 5.76. The van der Waals surface area contributed by atoms with Gasteiger partial charge in [0.15, 0.2) is 5.82 Å². The number of methoxy groups -OCH3 is 1. The minimum atomic E-state index is -0.434. The highest BCUT2D eigenvalue weighted by Crippen LogP contribution is 2.34. The third kappa shape index (κ3) is 3.95. The average molecular weight is 379 g/mol. The molecule has 1 aliphatic carbocycles. The highest BCUT2D eigenvalue weighted by atomic mass is 16.6. The molecule has 2 N–H and O–H groups in total. The minimum Gasteiger partial charge on any atom is -0.496 e. The van der Waals surface area contributed by atoms with Gasteiger partial charge >= 0.3 is 6.09 Å². The van der Waals surface area contributed by atoms with Gasteiger partial charge in [0.1, 0.15) is 17.8 Å². The molecule has 1 amide bonds. The fourth-order valence-corrected chi connectivity index (χ4v) is 3.41. The second kappa shape index (κ2) is 8.08. The summed E-state index contributed by atoms with van der Waals surface area (Å²) in [4.78, 5) is 20.6. The van der Waals surface area contributed by atoms with Gasteiger partial charge in [-0.3, -0.25) is 10.1 Å². The van der Waals surface area contributed by atoms with Crippen LogP contribution in [0.1, 0.15) is 25.7 Å². The van der Waals surface area contributed by atoms with Crippen molar-refractivity contribution in [2.45, 2.75) is 31.7 Å². The van der Waals surface area contributed by atoms with E-state index in [1.165, 1.54) is 6.33 Å². The summed E-state index contributed by atoms with van der Waals surface area (Å²) in [7, 11) is 1.60. The first kappa shape index (κ1) is 18.0. The van der Waals surface area contributed by atoms with Crippen molar-refractivity contribution in [2.75, 3.05) is 7.11 Å². The van der Waals surface area contributed by atoms with Crippen molar-refractivity contribution < 1.29 is 14.3 Å². The smallest absolute Gasteiger partial charge is 0.412 e.